The Morgan fingerprint density at radius 3 is 2.42 bits per heavy atom. The van der Waals surface area contributed by atoms with E-state index in [4.69, 9.17) is 16.7 Å². The van der Waals surface area contributed by atoms with Gasteiger partial charge in [0, 0.05) is 16.6 Å². The molecule has 0 radical (unpaired) electrons. The van der Waals surface area contributed by atoms with Crippen LogP contribution in [0.2, 0.25) is 5.02 Å². The second-order valence-corrected chi connectivity index (χ2v) is 8.10. The van der Waals surface area contributed by atoms with Crippen LogP contribution in [-0.2, 0) is 16.6 Å². The minimum absolute atomic E-state index is 0.0325. The molecule has 5 nitrogen and oxygen atoms in total. The van der Waals surface area contributed by atoms with E-state index in [1.165, 1.54) is 23.5 Å². The Bertz CT molecular complexity index is 1010. The minimum atomic E-state index is -3.72. The Labute approximate surface area is 148 Å². The van der Waals surface area contributed by atoms with Crippen molar-refractivity contribution in [3.8, 4) is 0 Å². The van der Waals surface area contributed by atoms with Crippen LogP contribution < -0.4 is 10.5 Å². The zero-order chi connectivity index (χ0) is 17.3. The predicted octanol–water partition coefficient (Wildman–Crippen LogP) is 3.13. The molecule has 0 spiro atoms. The van der Waals surface area contributed by atoms with E-state index in [-0.39, 0.29) is 17.3 Å². The SMILES string of the molecule is NS(=O)(=O)c1ccc(CNC(=O)c2sc3ccccc3c2Cl)cc1. The number of halogens is 1. The lowest BCUT2D eigenvalue weighted by Gasteiger charge is -2.05. The van der Waals surface area contributed by atoms with Gasteiger partial charge in [0.15, 0.2) is 0 Å². The smallest absolute Gasteiger partial charge is 0.263 e. The topological polar surface area (TPSA) is 89.3 Å². The van der Waals surface area contributed by atoms with Gasteiger partial charge in [-0.3, -0.25) is 4.79 Å². The molecule has 24 heavy (non-hydrogen) atoms. The summed E-state index contributed by atoms with van der Waals surface area (Å²) in [5.41, 5.74) is 0.757. The van der Waals surface area contributed by atoms with Gasteiger partial charge in [0.1, 0.15) is 4.88 Å². The normalized spacial score (nSPS) is 11.6. The molecule has 0 saturated carbocycles. The van der Waals surface area contributed by atoms with Crippen LogP contribution in [0.15, 0.2) is 53.4 Å². The van der Waals surface area contributed by atoms with Gasteiger partial charge >= 0.3 is 0 Å². The van der Waals surface area contributed by atoms with E-state index in [9.17, 15) is 13.2 Å². The number of primary sulfonamides is 1. The van der Waals surface area contributed by atoms with Crippen LogP contribution in [0.4, 0.5) is 0 Å². The quantitative estimate of drug-likeness (QED) is 0.728. The van der Waals surface area contributed by atoms with Crippen molar-refractivity contribution in [2.45, 2.75) is 11.4 Å². The number of carbonyl (C=O) groups is 1. The summed E-state index contributed by atoms with van der Waals surface area (Å²) in [6.45, 7) is 0.258. The maximum absolute atomic E-state index is 12.3. The summed E-state index contributed by atoms with van der Waals surface area (Å²) in [6, 6.07) is 13.6. The van der Waals surface area contributed by atoms with Crippen LogP contribution in [0.25, 0.3) is 10.1 Å². The van der Waals surface area contributed by atoms with Crippen LogP contribution in [0, 0.1) is 0 Å². The highest BCUT2D eigenvalue weighted by Gasteiger charge is 2.16. The van der Waals surface area contributed by atoms with Gasteiger partial charge in [-0.2, -0.15) is 0 Å². The number of carbonyl (C=O) groups excluding carboxylic acids is 1. The zero-order valence-electron chi connectivity index (χ0n) is 12.3. The van der Waals surface area contributed by atoms with Gasteiger partial charge in [-0.05, 0) is 23.8 Å². The molecule has 2 aromatic carbocycles. The Kier molecular flexibility index (Phi) is 4.60. The zero-order valence-corrected chi connectivity index (χ0v) is 14.7. The molecule has 0 unspecified atom stereocenters. The van der Waals surface area contributed by atoms with Gasteiger partial charge in [0.05, 0.1) is 9.92 Å². The summed E-state index contributed by atoms with van der Waals surface area (Å²) in [5.74, 6) is -0.267. The largest absolute Gasteiger partial charge is 0.347 e. The van der Waals surface area contributed by atoms with Gasteiger partial charge in [0.25, 0.3) is 5.91 Å². The number of rotatable bonds is 4. The first-order chi connectivity index (χ1) is 11.4. The Balaban J connectivity index is 1.74. The maximum Gasteiger partial charge on any atom is 0.263 e. The molecule has 1 heterocycles. The highest BCUT2D eigenvalue weighted by Crippen LogP contribution is 2.34. The molecule has 0 aliphatic carbocycles. The molecule has 3 rings (SSSR count). The molecular weight excluding hydrogens is 368 g/mol. The fourth-order valence-electron chi connectivity index (χ4n) is 2.22. The van der Waals surface area contributed by atoms with E-state index in [0.717, 1.165) is 15.6 Å². The third-order valence-electron chi connectivity index (χ3n) is 3.45. The van der Waals surface area contributed by atoms with Crippen molar-refractivity contribution < 1.29 is 13.2 Å². The molecule has 3 aromatic rings. The standard InChI is InChI=1S/C16H13ClN2O3S2/c17-14-12-3-1-2-4-13(12)23-15(14)16(20)19-9-10-5-7-11(8-6-10)24(18,21)22/h1-8H,9H2,(H,19,20)(H2,18,21,22). The van der Waals surface area contributed by atoms with Crippen LogP contribution in [0.5, 0.6) is 0 Å². The van der Waals surface area contributed by atoms with Crippen molar-refractivity contribution in [2.75, 3.05) is 0 Å². The molecule has 124 valence electrons. The van der Waals surface area contributed by atoms with E-state index in [1.54, 1.807) is 12.1 Å². The fourth-order valence-corrected chi connectivity index (χ4v) is 4.17. The van der Waals surface area contributed by atoms with Gasteiger partial charge < -0.3 is 5.32 Å². The average Bonchev–Trinajstić information content (AvgIpc) is 2.90. The molecule has 0 bridgehead atoms. The monoisotopic (exact) mass is 380 g/mol. The third-order valence-corrected chi connectivity index (χ3v) is 6.05. The molecule has 0 aliphatic heterocycles. The first-order valence-corrected chi connectivity index (χ1v) is 9.67. The van der Waals surface area contributed by atoms with Crippen molar-refractivity contribution in [3.05, 3.63) is 64.0 Å². The first kappa shape index (κ1) is 16.9. The van der Waals surface area contributed by atoms with Crippen molar-refractivity contribution in [1.29, 1.82) is 0 Å². The van der Waals surface area contributed by atoms with E-state index in [2.05, 4.69) is 5.32 Å². The highest BCUT2D eigenvalue weighted by atomic mass is 35.5. The van der Waals surface area contributed by atoms with Gasteiger partial charge in [-0.25, -0.2) is 13.6 Å². The Hall–Kier alpha value is -1.93. The number of benzene rings is 2. The van der Waals surface area contributed by atoms with Crippen LogP contribution in [0.3, 0.4) is 0 Å². The molecule has 3 N–H and O–H groups in total. The van der Waals surface area contributed by atoms with Crippen LogP contribution in [0.1, 0.15) is 15.2 Å². The number of thiophene rings is 1. The number of hydrogen-bond donors (Lipinski definition) is 2. The Morgan fingerprint density at radius 1 is 1.12 bits per heavy atom. The first-order valence-electron chi connectivity index (χ1n) is 6.93. The molecule has 8 heteroatoms. The molecule has 0 saturated heterocycles. The number of nitrogens with two attached hydrogens (primary N) is 1. The number of nitrogens with one attached hydrogen (secondary N) is 1. The molecule has 0 aliphatic rings. The predicted molar refractivity (Wildman–Crippen MR) is 95.8 cm³/mol. The fraction of sp³-hybridized carbons (Fsp3) is 0.0625. The molecule has 0 atom stereocenters. The Morgan fingerprint density at radius 2 is 1.79 bits per heavy atom. The number of fused-ring (bicyclic) bond motifs is 1. The summed E-state index contributed by atoms with van der Waals surface area (Å²) in [7, 11) is -3.72. The molecule has 1 aromatic heterocycles. The maximum atomic E-state index is 12.3. The number of hydrogen-bond acceptors (Lipinski definition) is 4. The molecule has 1 amide bonds. The summed E-state index contributed by atoms with van der Waals surface area (Å²) in [5, 5.41) is 9.13. The van der Waals surface area contributed by atoms with Crippen LogP contribution in [-0.4, -0.2) is 14.3 Å². The minimum Gasteiger partial charge on any atom is -0.347 e. The van der Waals surface area contributed by atoms with Crippen molar-refractivity contribution >= 4 is 49.0 Å². The summed E-state index contributed by atoms with van der Waals surface area (Å²) < 4.78 is 23.4. The van der Waals surface area contributed by atoms with Crippen molar-refractivity contribution in [2.24, 2.45) is 5.14 Å². The van der Waals surface area contributed by atoms with Gasteiger partial charge in [-0.15, -0.1) is 11.3 Å². The van der Waals surface area contributed by atoms with Crippen LogP contribution >= 0.6 is 22.9 Å². The van der Waals surface area contributed by atoms with Crippen molar-refractivity contribution in [3.63, 3.8) is 0 Å². The number of sulfonamides is 1. The van der Waals surface area contributed by atoms with E-state index >= 15 is 0 Å². The van der Waals surface area contributed by atoms with Gasteiger partial charge in [0.2, 0.25) is 10.0 Å². The second-order valence-electron chi connectivity index (χ2n) is 5.11. The third kappa shape index (κ3) is 3.44. The average molecular weight is 381 g/mol. The van der Waals surface area contributed by atoms with E-state index < -0.39 is 10.0 Å². The summed E-state index contributed by atoms with van der Waals surface area (Å²) >= 11 is 7.61. The lowest BCUT2D eigenvalue weighted by Crippen LogP contribution is -2.22. The lowest BCUT2D eigenvalue weighted by molar-refractivity contribution is 0.0955. The summed E-state index contributed by atoms with van der Waals surface area (Å²) in [4.78, 5) is 12.8. The van der Waals surface area contributed by atoms with E-state index in [0.29, 0.717) is 9.90 Å². The summed E-state index contributed by atoms with van der Waals surface area (Å²) in [6.07, 6.45) is 0. The second kappa shape index (κ2) is 6.52. The molecular formula is C16H13ClN2O3S2. The highest BCUT2D eigenvalue weighted by molar-refractivity contribution is 7.89. The lowest BCUT2D eigenvalue weighted by atomic mass is 10.2. The van der Waals surface area contributed by atoms with Crippen molar-refractivity contribution in [1.82, 2.24) is 5.32 Å². The molecule has 0 fully saturated rings. The number of amides is 1. The van der Waals surface area contributed by atoms with E-state index in [1.807, 2.05) is 24.3 Å². The van der Waals surface area contributed by atoms with Gasteiger partial charge in [-0.1, -0.05) is 41.9 Å².